The van der Waals surface area contributed by atoms with Gasteiger partial charge in [0, 0.05) is 0 Å². The fraction of sp³-hybridized carbons (Fsp3) is 0.190. The third kappa shape index (κ3) is 5.43. The molecule has 0 N–H and O–H groups in total. The van der Waals surface area contributed by atoms with E-state index in [1.54, 1.807) is 0 Å². The molecule has 0 saturated carbocycles. The molecule has 1 nitrogen and oxygen atoms in total. The SMILES string of the molecule is CC1=[C]([Ti]([O]c2cccc(-c3ccccc3)c2)=[C](C)C)CC=C1.Cl.Cl. The van der Waals surface area contributed by atoms with E-state index in [2.05, 4.69) is 81.5 Å². The van der Waals surface area contributed by atoms with Gasteiger partial charge in [-0.2, -0.15) is 0 Å². The van der Waals surface area contributed by atoms with Gasteiger partial charge in [0.05, 0.1) is 0 Å². The number of halogens is 2. The van der Waals surface area contributed by atoms with E-state index in [9.17, 15) is 0 Å². The van der Waals surface area contributed by atoms with Crippen molar-refractivity contribution in [2.45, 2.75) is 27.2 Å². The van der Waals surface area contributed by atoms with Gasteiger partial charge in [-0.05, 0) is 0 Å². The molecule has 0 spiro atoms. The molecule has 0 aromatic heterocycles. The van der Waals surface area contributed by atoms with Crippen molar-refractivity contribution in [2.75, 3.05) is 0 Å². The van der Waals surface area contributed by atoms with Crippen LogP contribution in [0.4, 0.5) is 0 Å². The monoisotopic (exact) mass is 410 g/mol. The zero-order valence-corrected chi connectivity index (χ0v) is 18.0. The van der Waals surface area contributed by atoms with Gasteiger partial charge in [-0.1, -0.05) is 0 Å². The van der Waals surface area contributed by atoms with Crippen LogP contribution in [0.25, 0.3) is 11.1 Å². The number of hydrogen-bond donors (Lipinski definition) is 0. The zero-order valence-electron chi connectivity index (χ0n) is 14.8. The van der Waals surface area contributed by atoms with Gasteiger partial charge >= 0.3 is 145 Å². The van der Waals surface area contributed by atoms with Crippen molar-refractivity contribution in [1.82, 2.24) is 0 Å². The van der Waals surface area contributed by atoms with Crippen molar-refractivity contribution >= 4 is 28.6 Å². The summed E-state index contributed by atoms with van der Waals surface area (Å²) in [5.74, 6) is 0.995. The van der Waals surface area contributed by atoms with Gasteiger partial charge in [0.2, 0.25) is 0 Å². The molecule has 0 radical (unpaired) electrons. The van der Waals surface area contributed by atoms with Crippen LogP contribution in [0.15, 0.2) is 76.2 Å². The van der Waals surface area contributed by atoms with E-state index in [1.807, 2.05) is 6.07 Å². The summed E-state index contributed by atoms with van der Waals surface area (Å²) in [6.07, 6.45) is 5.55. The van der Waals surface area contributed by atoms with Crippen LogP contribution in [0.1, 0.15) is 27.2 Å². The van der Waals surface area contributed by atoms with E-state index >= 15 is 0 Å². The zero-order chi connectivity index (χ0) is 16.2. The van der Waals surface area contributed by atoms with Crippen molar-refractivity contribution < 1.29 is 21.1 Å². The summed E-state index contributed by atoms with van der Waals surface area (Å²) in [6.45, 7) is 6.64. The molecule has 0 heterocycles. The maximum Gasteiger partial charge on any atom is -0.147 e. The summed E-state index contributed by atoms with van der Waals surface area (Å²) in [4.78, 5) is 0. The van der Waals surface area contributed by atoms with Crippen molar-refractivity contribution in [1.29, 1.82) is 0 Å². The van der Waals surface area contributed by atoms with Crippen LogP contribution in [-0.4, -0.2) is 3.81 Å². The second-order valence-electron chi connectivity index (χ2n) is 6.09. The maximum atomic E-state index is 6.52. The molecule has 1 aliphatic rings. The standard InChI is InChI=1S/C12H10O.C6H7.C3H6.2ClH.Ti/c13-12-8-4-7-11(9-12)10-5-2-1-3-6-10;1-6-4-2-3-5-6;1-3-2;;;/h1-9,13H;2,4H,3H2,1H3;1-2H3;2*1H;/q;;;;;+1/p-1. The van der Waals surface area contributed by atoms with Gasteiger partial charge in [0.1, 0.15) is 0 Å². The molecule has 4 heteroatoms. The summed E-state index contributed by atoms with van der Waals surface area (Å²) in [5.41, 5.74) is 3.85. The average molecular weight is 411 g/mol. The molecule has 25 heavy (non-hydrogen) atoms. The summed E-state index contributed by atoms with van der Waals surface area (Å²) < 4.78 is 9.51. The fourth-order valence-corrected chi connectivity index (χ4v) is 6.02. The fourth-order valence-electron chi connectivity index (χ4n) is 2.84. The van der Waals surface area contributed by atoms with Gasteiger partial charge in [-0.3, -0.25) is 0 Å². The Bertz CT molecular complexity index is 804. The van der Waals surface area contributed by atoms with Gasteiger partial charge in [-0.25, -0.2) is 0 Å². The molecule has 132 valence electrons. The third-order valence-electron chi connectivity index (χ3n) is 4.06. The van der Waals surface area contributed by atoms with Crippen LogP contribution in [0.3, 0.4) is 0 Å². The Morgan fingerprint density at radius 2 is 1.60 bits per heavy atom. The first-order valence-electron chi connectivity index (χ1n) is 8.02. The van der Waals surface area contributed by atoms with Crippen LogP contribution in [0.5, 0.6) is 5.75 Å². The van der Waals surface area contributed by atoms with E-state index < -0.39 is 17.8 Å². The van der Waals surface area contributed by atoms with E-state index in [0.717, 1.165) is 12.2 Å². The van der Waals surface area contributed by atoms with Crippen molar-refractivity contribution in [3.05, 3.63) is 76.2 Å². The van der Waals surface area contributed by atoms with Crippen LogP contribution in [-0.2, 0) is 17.8 Å². The van der Waals surface area contributed by atoms with Gasteiger partial charge in [-0.15, -0.1) is 24.8 Å². The number of allylic oxidation sites excluding steroid dienone is 4. The second kappa shape index (κ2) is 10.1. The predicted octanol–water partition coefficient (Wildman–Crippen LogP) is 6.56. The quantitative estimate of drug-likeness (QED) is 0.518. The molecular formula is C21H24Cl2OTi. The largest absolute Gasteiger partial charge is 0.147 e. The minimum absolute atomic E-state index is 0. The predicted molar refractivity (Wildman–Crippen MR) is 110 cm³/mol. The average Bonchev–Trinajstić information content (AvgIpc) is 2.99. The minimum Gasteiger partial charge on any atom is -0.147 e. The first-order valence-corrected chi connectivity index (χ1v) is 10.2. The van der Waals surface area contributed by atoms with Crippen LogP contribution < -0.4 is 3.32 Å². The van der Waals surface area contributed by atoms with Gasteiger partial charge in [0.25, 0.3) is 0 Å². The maximum absolute atomic E-state index is 6.52. The molecule has 0 bridgehead atoms. The van der Waals surface area contributed by atoms with E-state index in [1.165, 1.54) is 24.4 Å². The van der Waals surface area contributed by atoms with Crippen LogP contribution >= 0.6 is 24.8 Å². The normalized spacial score (nSPS) is 12.3. The van der Waals surface area contributed by atoms with E-state index in [0.29, 0.717) is 0 Å². The summed E-state index contributed by atoms with van der Waals surface area (Å²) >= 11 is -1.84. The first-order chi connectivity index (χ1) is 11.1. The Labute approximate surface area is 169 Å². The van der Waals surface area contributed by atoms with Crippen molar-refractivity contribution in [3.8, 4) is 16.9 Å². The molecule has 0 atom stereocenters. The topological polar surface area (TPSA) is 9.23 Å². The van der Waals surface area contributed by atoms with Crippen LogP contribution in [0.2, 0.25) is 0 Å². The first kappa shape index (κ1) is 21.9. The van der Waals surface area contributed by atoms with Gasteiger partial charge in [0.15, 0.2) is 0 Å². The summed E-state index contributed by atoms with van der Waals surface area (Å²) in [7, 11) is 0. The minimum atomic E-state index is -1.84. The summed E-state index contributed by atoms with van der Waals surface area (Å²) in [6, 6.07) is 19.0. The molecule has 0 saturated heterocycles. The number of benzene rings is 2. The molecule has 0 amide bonds. The molecule has 0 fully saturated rings. The summed E-state index contributed by atoms with van der Waals surface area (Å²) in [5, 5.41) is 0. The number of hydrogen-bond acceptors (Lipinski definition) is 1. The molecule has 1 aliphatic carbocycles. The van der Waals surface area contributed by atoms with Crippen molar-refractivity contribution in [2.24, 2.45) is 0 Å². The molecule has 0 aliphatic heterocycles. The van der Waals surface area contributed by atoms with Crippen LogP contribution in [0, 0.1) is 0 Å². The molecular weight excluding hydrogens is 387 g/mol. The Hall–Kier alpha value is -1.12. The smallest absolute Gasteiger partial charge is 0.147 e. The Balaban J connectivity index is 0.00000156. The molecule has 2 aromatic carbocycles. The second-order valence-corrected chi connectivity index (χ2v) is 9.94. The molecule has 0 unspecified atom stereocenters. The Morgan fingerprint density at radius 1 is 0.920 bits per heavy atom. The third-order valence-corrected chi connectivity index (χ3v) is 7.95. The molecule has 2 aromatic rings. The Kier molecular flexibility index (Phi) is 8.89. The Morgan fingerprint density at radius 3 is 2.20 bits per heavy atom. The van der Waals surface area contributed by atoms with Gasteiger partial charge < -0.3 is 0 Å². The van der Waals surface area contributed by atoms with E-state index in [-0.39, 0.29) is 24.8 Å². The molecule has 3 rings (SSSR count). The van der Waals surface area contributed by atoms with Crippen molar-refractivity contribution in [3.63, 3.8) is 0 Å². The number of rotatable bonds is 4. The van der Waals surface area contributed by atoms with E-state index in [4.69, 9.17) is 3.32 Å².